The van der Waals surface area contributed by atoms with Crippen molar-refractivity contribution in [3.8, 4) is 0 Å². The van der Waals surface area contributed by atoms with E-state index >= 15 is 0 Å². The van der Waals surface area contributed by atoms with Gasteiger partial charge >= 0.3 is 5.97 Å². The van der Waals surface area contributed by atoms with Crippen LogP contribution in [0.1, 0.15) is 58.9 Å². The van der Waals surface area contributed by atoms with Crippen LogP contribution >= 0.6 is 0 Å². The van der Waals surface area contributed by atoms with Crippen LogP contribution in [0.2, 0.25) is 0 Å². The molecule has 0 spiro atoms. The minimum Gasteiger partial charge on any atom is -0.480 e. The Kier molecular flexibility index (Phi) is 13.3. The first-order valence-corrected chi connectivity index (χ1v) is 12.6. The third-order valence-corrected chi connectivity index (χ3v) is 6.56. The summed E-state index contributed by atoms with van der Waals surface area (Å²) < 4.78 is 0. The Bertz CT molecular complexity index is 925. The van der Waals surface area contributed by atoms with E-state index < -0.39 is 53.8 Å². The van der Waals surface area contributed by atoms with Crippen molar-refractivity contribution in [3.05, 3.63) is 35.9 Å². The van der Waals surface area contributed by atoms with Crippen molar-refractivity contribution in [1.82, 2.24) is 16.0 Å². The molecule has 11 nitrogen and oxygen atoms in total. The van der Waals surface area contributed by atoms with Crippen molar-refractivity contribution in [2.45, 2.75) is 84.0 Å². The van der Waals surface area contributed by atoms with Crippen LogP contribution in [0.3, 0.4) is 0 Å². The fourth-order valence-electron chi connectivity index (χ4n) is 3.60. The van der Waals surface area contributed by atoms with E-state index in [0.717, 1.165) is 5.56 Å². The second-order valence-electron chi connectivity index (χ2n) is 9.44. The molecule has 4 amide bonds. The van der Waals surface area contributed by atoms with Crippen LogP contribution in [-0.4, -0.2) is 58.9 Å². The van der Waals surface area contributed by atoms with Gasteiger partial charge in [-0.2, -0.15) is 0 Å². The van der Waals surface area contributed by atoms with E-state index in [9.17, 15) is 29.1 Å². The molecule has 0 aliphatic carbocycles. The zero-order valence-electron chi connectivity index (χ0n) is 22.0. The smallest absolute Gasteiger partial charge is 0.326 e. The summed E-state index contributed by atoms with van der Waals surface area (Å²) in [7, 11) is 0. The Hall–Kier alpha value is -3.47. The number of carboxylic acids is 1. The van der Waals surface area contributed by atoms with E-state index in [1.54, 1.807) is 38.1 Å². The fourth-order valence-corrected chi connectivity index (χ4v) is 3.60. The van der Waals surface area contributed by atoms with Crippen molar-refractivity contribution in [3.63, 3.8) is 0 Å². The lowest BCUT2D eigenvalue weighted by molar-refractivity contribution is -0.144. The molecule has 6 unspecified atom stereocenters. The van der Waals surface area contributed by atoms with Crippen molar-refractivity contribution in [1.29, 1.82) is 0 Å². The average Bonchev–Trinajstić information content (AvgIpc) is 2.87. The quantitative estimate of drug-likeness (QED) is 0.182. The maximum Gasteiger partial charge on any atom is 0.326 e. The Balaban J connectivity index is 3.17. The molecule has 1 aromatic carbocycles. The van der Waals surface area contributed by atoms with Gasteiger partial charge in [0, 0.05) is 12.8 Å². The predicted octanol–water partition coefficient (Wildman–Crippen LogP) is 0.453. The van der Waals surface area contributed by atoms with Gasteiger partial charge in [0.05, 0.1) is 6.04 Å². The molecular formula is C26H41N5O6. The zero-order valence-corrected chi connectivity index (χ0v) is 22.0. The molecular weight excluding hydrogens is 478 g/mol. The summed E-state index contributed by atoms with van der Waals surface area (Å²) in [5.41, 5.74) is 12.1. The number of carbonyl (C=O) groups is 5. The third kappa shape index (κ3) is 10.6. The Morgan fingerprint density at radius 1 is 0.838 bits per heavy atom. The Labute approximate surface area is 218 Å². The van der Waals surface area contributed by atoms with Gasteiger partial charge in [0.2, 0.25) is 23.6 Å². The van der Waals surface area contributed by atoms with Gasteiger partial charge in [-0.05, 0) is 23.8 Å². The highest BCUT2D eigenvalue weighted by Gasteiger charge is 2.32. The van der Waals surface area contributed by atoms with Gasteiger partial charge in [-0.25, -0.2) is 4.79 Å². The molecule has 1 rings (SSSR count). The van der Waals surface area contributed by atoms with Crippen LogP contribution in [0.5, 0.6) is 0 Å². The lowest BCUT2D eigenvalue weighted by Gasteiger charge is -2.27. The Morgan fingerprint density at radius 3 is 1.89 bits per heavy atom. The number of carboxylic acid groups (broad SMARTS) is 1. The number of rotatable bonds is 16. The summed E-state index contributed by atoms with van der Waals surface area (Å²) in [6.07, 6.45) is 0.935. The maximum atomic E-state index is 13.3. The van der Waals surface area contributed by atoms with Gasteiger partial charge < -0.3 is 32.5 Å². The average molecular weight is 520 g/mol. The van der Waals surface area contributed by atoms with E-state index in [1.807, 2.05) is 19.9 Å². The molecule has 11 heteroatoms. The van der Waals surface area contributed by atoms with Crippen LogP contribution in [0.25, 0.3) is 0 Å². The molecule has 0 saturated carbocycles. The van der Waals surface area contributed by atoms with Crippen LogP contribution in [-0.2, 0) is 30.4 Å². The van der Waals surface area contributed by atoms with Crippen molar-refractivity contribution < 1.29 is 29.1 Å². The summed E-state index contributed by atoms with van der Waals surface area (Å²) in [5.74, 6) is -4.33. The molecule has 0 radical (unpaired) electrons. The molecule has 0 aliphatic heterocycles. The maximum absolute atomic E-state index is 13.3. The van der Waals surface area contributed by atoms with Crippen LogP contribution < -0.4 is 27.4 Å². The molecule has 0 fully saturated rings. The minimum atomic E-state index is -1.25. The predicted molar refractivity (Wildman–Crippen MR) is 139 cm³/mol. The van der Waals surface area contributed by atoms with E-state index in [2.05, 4.69) is 16.0 Å². The molecule has 0 saturated heterocycles. The van der Waals surface area contributed by atoms with Gasteiger partial charge in [-0.15, -0.1) is 0 Å². The summed E-state index contributed by atoms with van der Waals surface area (Å²) in [6.45, 7) is 7.21. The number of benzene rings is 1. The summed E-state index contributed by atoms with van der Waals surface area (Å²) in [6, 6.07) is 4.65. The number of primary amides is 1. The molecule has 0 aromatic heterocycles. The molecule has 8 N–H and O–H groups in total. The molecule has 1 aromatic rings. The molecule has 0 heterocycles. The highest BCUT2D eigenvalue weighted by Crippen LogP contribution is 2.11. The van der Waals surface area contributed by atoms with E-state index in [-0.39, 0.29) is 31.1 Å². The van der Waals surface area contributed by atoms with Crippen molar-refractivity contribution in [2.24, 2.45) is 23.3 Å². The first-order chi connectivity index (χ1) is 17.4. The van der Waals surface area contributed by atoms with Crippen LogP contribution in [0, 0.1) is 11.8 Å². The summed E-state index contributed by atoms with van der Waals surface area (Å²) >= 11 is 0. The Morgan fingerprint density at radius 2 is 1.38 bits per heavy atom. The first-order valence-electron chi connectivity index (χ1n) is 12.6. The SMILES string of the molecule is CCC(C)C(N)C(=O)NC(Cc1ccccc1)C(=O)NC(CCC(N)=O)C(=O)NC(C(=O)O)C(C)CC. The second kappa shape index (κ2) is 15.6. The number of nitrogens with two attached hydrogens (primary N) is 2. The van der Waals surface area contributed by atoms with Gasteiger partial charge in [-0.3, -0.25) is 19.2 Å². The van der Waals surface area contributed by atoms with Crippen LogP contribution in [0.15, 0.2) is 30.3 Å². The largest absolute Gasteiger partial charge is 0.480 e. The normalized spacial score (nSPS) is 15.8. The standard InChI is InChI=1S/C26H41N5O6/c1-5-15(3)21(28)25(35)30-19(14-17-10-8-7-9-11-17)24(34)29-18(12-13-20(27)32)23(33)31-22(26(36)37)16(4)6-2/h7-11,15-16,18-19,21-22H,5-6,12-14,28H2,1-4H3,(H2,27,32)(H,29,34)(H,30,35)(H,31,33)(H,36,37). The first kappa shape index (κ1) is 31.6. The molecule has 37 heavy (non-hydrogen) atoms. The number of amides is 4. The van der Waals surface area contributed by atoms with E-state index in [0.29, 0.717) is 12.8 Å². The monoisotopic (exact) mass is 519 g/mol. The topological polar surface area (TPSA) is 194 Å². The van der Waals surface area contributed by atoms with Crippen molar-refractivity contribution in [2.75, 3.05) is 0 Å². The summed E-state index contributed by atoms with van der Waals surface area (Å²) in [4.78, 5) is 62.2. The number of nitrogens with one attached hydrogen (secondary N) is 3. The number of carbonyl (C=O) groups excluding carboxylic acids is 4. The van der Waals surface area contributed by atoms with Crippen LogP contribution in [0.4, 0.5) is 0 Å². The summed E-state index contributed by atoms with van der Waals surface area (Å²) in [5, 5.41) is 17.2. The molecule has 0 aliphatic rings. The highest BCUT2D eigenvalue weighted by molar-refractivity contribution is 5.94. The van der Waals surface area contributed by atoms with Gasteiger partial charge in [0.1, 0.15) is 18.1 Å². The number of hydrogen-bond donors (Lipinski definition) is 6. The highest BCUT2D eigenvalue weighted by atomic mass is 16.4. The zero-order chi connectivity index (χ0) is 28.1. The lowest BCUT2D eigenvalue weighted by atomic mass is 9.97. The molecule has 206 valence electrons. The van der Waals surface area contributed by atoms with Gasteiger partial charge in [0.15, 0.2) is 0 Å². The molecule has 6 atom stereocenters. The van der Waals surface area contributed by atoms with Crippen molar-refractivity contribution >= 4 is 29.6 Å². The lowest BCUT2D eigenvalue weighted by Crippen LogP contribution is -2.58. The minimum absolute atomic E-state index is 0.122. The molecule has 0 bridgehead atoms. The van der Waals surface area contributed by atoms with E-state index in [4.69, 9.17) is 11.5 Å². The second-order valence-corrected chi connectivity index (χ2v) is 9.44. The van der Waals surface area contributed by atoms with Gasteiger partial charge in [0.25, 0.3) is 0 Å². The number of aliphatic carboxylic acids is 1. The van der Waals surface area contributed by atoms with E-state index in [1.165, 1.54) is 0 Å². The fraction of sp³-hybridized carbons (Fsp3) is 0.577. The number of hydrogen-bond acceptors (Lipinski definition) is 6. The van der Waals surface area contributed by atoms with Gasteiger partial charge in [-0.1, -0.05) is 70.9 Å². The third-order valence-electron chi connectivity index (χ3n) is 6.56.